The first kappa shape index (κ1) is 14.3. The fourth-order valence-corrected chi connectivity index (χ4v) is 2.20. The summed E-state index contributed by atoms with van der Waals surface area (Å²) in [6, 6.07) is 7.49. The number of amides is 1. The Kier molecular flexibility index (Phi) is 4.18. The van der Waals surface area contributed by atoms with Crippen molar-refractivity contribution in [2.75, 3.05) is 0 Å². The molecule has 2 rings (SSSR count). The number of ketones is 1. The highest BCUT2D eigenvalue weighted by Crippen LogP contribution is 2.34. The van der Waals surface area contributed by atoms with Gasteiger partial charge in [-0.3, -0.25) is 9.59 Å². The van der Waals surface area contributed by atoms with Gasteiger partial charge in [-0.2, -0.15) is 0 Å². The van der Waals surface area contributed by atoms with Gasteiger partial charge in [-0.15, -0.1) is 0 Å². The van der Waals surface area contributed by atoms with Crippen molar-refractivity contribution >= 4 is 17.3 Å². The van der Waals surface area contributed by atoms with Crippen LogP contribution in [0.25, 0.3) is 5.57 Å². The molecule has 0 radical (unpaired) electrons. The van der Waals surface area contributed by atoms with Crippen LogP contribution in [-0.2, 0) is 4.79 Å². The first-order chi connectivity index (χ1) is 9.56. The second kappa shape index (κ2) is 5.87. The Morgan fingerprint density at radius 1 is 1.25 bits per heavy atom. The highest BCUT2D eigenvalue weighted by molar-refractivity contribution is 6.21. The zero-order valence-electron chi connectivity index (χ0n) is 12.1. The summed E-state index contributed by atoms with van der Waals surface area (Å²) < 4.78 is 0. The molecule has 0 aliphatic heterocycles. The third-order valence-electron chi connectivity index (χ3n) is 3.36. The smallest absolute Gasteiger partial charge is 0.227 e. The van der Waals surface area contributed by atoms with Crippen LogP contribution < -0.4 is 5.32 Å². The lowest BCUT2D eigenvalue weighted by molar-refractivity contribution is -0.123. The van der Waals surface area contributed by atoms with Crippen LogP contribution in [0.2, 0.25) is 0 Å². The predicted molar refractivity (Wildman–Crippen MR) is 80.1 cm³/mol. The maximum Gasteiger partial charge on any atom is 0.227 e. The minimum Gasteiger partial charge on any atom is -0.322 e. The van der Waals surface area contributed by atoms with Crippen molar-refractivity contribution < 1.29 is 9.59 Å². The van der Waals surface area contributed by atoms with Crippen molar-refractivity contribution in [3.63, 3.8) is 0 Å². The van der Waals surface area contributed by atoms with E-state index in [2.05, 4.69) is 5.32 Å². The molecule has 3 heteroatoms. The van der Waals surface area contributed by atoms with Gasteiger partial charge in [0.2, 0.25) is 11.7 Å². The molecule has 0 saturated heterocycles. The van der Waals surface area contributed by atoms with E-state index >= 15 is 0 Å². The predicted octanol–water partition coefficient (Wildman–Crippen LogP) is 3.33. The number of benzene rings is 1. The molecule has 104 valence electrons. The standard InChI is InChI=1S/C17H19NO2/c1-4-5-8-13-12-9-6-7-10-14(12)16(19)15(13)18-17(20)11(2)3/h4-7,9-11H,8H2,1-3H3,(H,18,19,20). The highest BCUT2D eigenvalue weighted by atomic mass is 16.2. The zero-order valence-corrected chi connectivity index (χ0v) is 12.1. The van der Waals surface area contributed by atoms with E-state index in [1.54, 1.807) is 0 Å². The quantitative estimate of drug-likeness (QED) is 0.852. The van der Waals surface area contributed by atoms with Crippen molar-refractivity contribution in [3.8, 4) is 0 Å². The first-order valence-corrected chi connectivity index (χ1v) is 6.85. The summed E-state index contributed by atoms with van der Waals surface area (Å²) in [4.78, 5) is 24.3. The SMILES string of the molecule is CC=CCC1=C(NC(=O)C(C)C)C(=O)c2ccccc21. The summed E-state index contributed by atoms with van der Waals surface area (Å²) >= 11 is 0. The van der Waals surface area contributed by atoms with Crippen molar-refractivity contribution in [2.45, 2.75) is 27.2 Å². The van der Waals surface area contributed by atoms with Gasteiger partial charge in [0.15, 0.2) is 0 Å². The van der Waals surface area contributed by atoms with E-state index in [1.165, 1.54) is 0 Å². The van der Waals surface area contributed by atoms with Crippen LogP contribution in [0.3, 0.4) is 0 Å². The van der Waals surface area contributed by atoms with Crippen molar-refractivity contribution in [1.82, 2.24) is 5.32 Å². The van der Waals surface area contributed by atoms with Crippen LogP contribution in [0.4, 0.5) is 0 Å². The molecule has 1 aliphatic rings. The Bertz CT molecular complexity index is 609. The summed E-state index contributed by atoms with van der Waals surface area (Å²) in [7, 11) is 0. The number of rotatable bonds is 4. The minimum absolute atomic E-state index is 0.0888. The molecule has 3 nitrogen and oxygen atoms in total. The average molecular weight is 269 g/mol. The van der Waals surface area contributed by atoms with Gasteiger partial charge < -0.3 is 5.32 Å². The van der Waals surface area contributed by atoms with Crippen molar-refractivity contribution in [3.05, 3.63) is 53.2 Å². The Morgan fingerprint density at radius 3 is 2.50 bits per heavy atom. The number of hydrogen-bond donors (Lipinski definition) is 1. The number of nitrogens with one attached hydrogen (secondary N) is 1. The lowest BCUT2D eigenvalue weighted by atomic mass is 10.0. The second-order valence-electron chi connectivity index (χ2n) is 5.15. The molecule has 0 bridgehead atoms. The highest BCUT2D eigenvalue weighted by Gasteiger charge is 2.29. The van der Waals surface area contributed by atoms with Crippen LogP contribution >= 0.6 is 0 Å². The zero-order chi connectivity index (χ0) is 14.7. The average Bonchev–Trinajstić information content (AvgIpc) is 2.70. The van der Waals surface area contributed by atoms with Crippen LogP contribution in [0, 0.1) is 5.92 Å². The molecule has 0 unspecified atom stereocenters. The number of hydrogen-bond acceptors (Lipinski definition) is 2. The van der Waals surface area contributed by atoms with E-state index in [4.69, 9.17) is 0 Å². The maximum atomic E-state index is 12.4. The summed E-state index contributed by atoms with van der Waals surface area (Å²) in [5.74, 6) is -0.366. The molecular formula is C17H19NO2. The van der Waals surface area contributed by atoms with Gasteiger partial charge in [-0.1, -0.05) is 50.3 Å². The molecule has 1 N–H and O–H groups in total. The Labute approximate surface area is 119 Å². The fourth-order valence-electron chi connectivity index (χ4n) is 2.20. The lowest BCUT2D eigenvalue weighted by Gasteiger charge is -2.09. The van der Waals surface area contributed by atoms with Gasteiger partial charge in [0.05, 0.1) is 5.70 Å². The van der Waals surface area contributed by atoms with Crippen LogP contribution in [0.1, 0.15) is 43.1 Å². The number of carbonyl (C=O) groups is 2. The van der Waals surface area contributed by atoms with E-state index in [1.807, 2.05) is 57.2 Å². The molecule has 20 heavy (non-hydrogen) atoms. The first-order valence-electron chi connectivity index (χ1n) is 6.85. The van der Waals surface area contributed by atoms with Crippen LogP contribution in [0.15, 0.2) is 42.1 Å². The third-order valence-corrected chi connectivity index (χ3v) is 3.36. The van der Waals surface area contributed by atoms with Gasteiger partial charge in [0.25, 0.3) is 0 Å². The van der Waals surface area contributed by atoms with E-state index in [9.17, 15) is 9.59 Å². The lowest BCUT2D eigenvalue weighted by Crippen LogP contribution is -2.30. The summed E-state index contributed by atoms with van der Waals surface area (Å²) in [5, 5.41) is 2.79. The Balaban J connectivity index is 2.43. The molecule has 0 heterocycles. The molecule has 1 aromatic rings. The summed E-state index contributed by atoms with van der Waals surface area (Å²) in [6.07, 6.45) is 4.58. The molecule has 0 fully saturated rings. The topological polar surface area (TPSA) is 46.2 Å². The molecular weight excluding hydrogens is 250 g/mol. The van der Waals surface area contributed by atoms with Gasteiger partial charge in [-0.25, -0.2) is 0 Å². The molecule has 1 aromatic carbocycles. The summed E-state index contributed by atoms with van der Waals surface area (Å²) in [5.41, 5.74) is 2.93. The Morgan fingerprint density at radius 2 is 1.90 bits per heavy atom. The molecule has 0 spiro atoms. The summed E-state index contributed by atoms with van der Waals surface area (Å²) in [6.45, 7) is 5.57. The number of Topliss-reactive ketones (excluding diaryl/α,β-unsaturated/α-hetero) is 1. The maximum absolute atomic E-state index is 12.4. The molecule has 0 saturated carbocycles. The van der Waals surface area contributed by atoms with E-state index in [0.29, 0.717) is 17.7 Å². The molecule has 0 aromatic heterocycles. The van der Waals surface area contributed by atoms with E-state index in [-0.39, 0.29) is 17.6 Å². The third kappa shape index (κ3) is 2.57. The number of fused-ring (bicyclic) bond motifs is 1. The van der Waals surface area contributed by atoms with E-state index in [0.717, 1.165) is 11.1 Å². The van der Waals surface area contributed by atoms with Crippen molar-refractivity contribution in [1.29, 1.82) is 0 Å². The molecule has 1 amide bonds. The van der Waals surface area contributed by atoms with Gasteiger partial charge in [-0.05, 0) is 24.5 Å². The number of carbonyl (C=O) groups excluding carboxylic acids is 2. The minimum atomic E-state index is -0.151. The van der Waals surface area contributed by atoms with Crippen molar-refractivity contribution in [2.24, 2.45) is 5.92 Å². The van der Waals surface area contributed by atoms with Gasteiger partial charge in [0, 0.05) is 11.5 Å². The second-order valence-corrected chi connectivity index (χ2v) is 5.15. The van der Waals surface area contributed by atoms with E-state index < -0.39 is 0 Å². The molecule has 1 aliphatic carbocycles. The van der Waals surface area contributed by atoms with Gasteiger partial charge >= 0.3 is 0 Å². The normalized spacial score (nSPS) is 14.3. The van der Waals surface area contributed by atoms with Crippen LogP contribution in [0.5, 0.6) is 0 Å². The van der Waals surface area contributed by atoms with Crippen LogP contribution in [-0.4, -0.2) is 11.7 Å². The monoisotopic (exact) mass is 269 g/mol. The number of allylic oxidation sites excluding steroid dienone is 4. The Hall–Kier alpha value is -2.16. The largest absolute Gasteiger partial charge is 0.322 e. The molecule has 0 atom stereocenters. The fraction of sp³-hybridized carbons (Fsp3) is 0.294. The van der Waals surface area contributed by atoms with Gasteiger partial charge in [0.1, 0.15) is 0 Å².